The Hall–Kier alpha value is -1.27. The van der Waals surface area contributed by atoms with Crippen LogP contribution in [0.25, 0.3) is 0 Å². The quantitative estimate of drug-likeness (QED) is 0.899. The molecule has 0 radical (unpaired) electrons. The number of amides is 2. The van der Waals surface area contributed by atoms with Crippen LogP contribution in [0, 0.1) is 5.82 Å². The molecule has 1 aliphatic rings. The highest BCUT2D eigenvalue weighted by Crippen LogP contribution is 2.26. The molecular weight excluding hydrogens is 291 g/mol. The van der Waals surface area contributed by atoms with Crippen molar-refractivity contribution in [2.24, 2.45) is 0 Å². The zero-order chi connectivity index (χ0) is 15.3. The summed E-state index contributed by atoms with van der Waals surface area (Å²) in [6.45, 7) is 3.10. The highest BCUT2D eigenvalue weighted by molar-refractivity contribution is 7.99. The van der Waals surface area contributed by atoms with Crippen molar-refractivity contribution in [3.8, 4) is 0 Å². The van der Waals surface area contributed by atoms with Gasteiger partial charge in [0.25, 0.3) is 0 Å². The van der Waals surface area contributed by atoms with Gasteiger partial charge in [0, 0.05) is 24.5 Å². The van der Waals surface area contributed by atoms with Crippen LogP contribution in [-0.4, -0.2) is 46.2 Å². The van der Waals surface area contributed by atoms with Crippen molar-refractivity contribution in [3.05, 3.63) is 30.1 Å². The number of rotatable bonds is 4. The SMILES string of the molecule is CCSCC1(O)CCN(C(=O)Nc2cccc(F)c2)CC1. The van der Waals surface area contributed by atoms with Crippen molar-refractivity contribution in [2.45, 2.75) is 25.4 Å². The normalized spacial score (nSPS) is 17.6. The van der Waals surface area contributed by atoms with Crippen molar-refractivity contribution >= 4 is 23.5 Å². The number of hydrogen-bond donors (Lipinski definition) is 2. The molecule has 0 atom stereocenters. The number of urea groups is 1. The molecule has 1 aromatic carbocycles. The van der Waals surface area contributed by atoms with Crippen molar-refractivity contribution in [3.63, 3.8) is 0 Å². The van der Waals surface area contributed by atoms with Gasteiger partial charge in [0.15, 0.2) is 0 Å². The molecule has 1 saturated heterocycles. The Balaban J connectivity index is 1.85. The first kappa shape index (κ1) is 16.1. The fraction of sp³-hybridized carbons (Fsp3) is 0.533. The second-order valence-electron chi connectivity index (χ2n) is 5.29. The third-order valence-electron chi connectivity index (χ3n) is 3.63. The molecule has 0 spiro atoms. The van der Waals surface area contributed by atoms with Crippen LogP contribution in [0.2, 0.25) is 0 Å². The van der Waals surface area contributed by atoms with Gasteiger partial charge in [-0.05, 0) is 36.8 Å². The van der Waals surface area contributed by atoms with E-state index in [9.17, 15) is 14.3 Å². The largest absolute Gasteiger partial charge is 0.389 e. The maximum atomic E-state index is 13.1. The monoisotopic (exact) mass is 312 g/mol. The van der Waals surface area contributed by atoms with Gasteiger partial charge in [-0.15, -0.1) is 0 Å². The van der Waals surface area contributed by atoms with E-state index in [2.05, 4.69) is 12.2 Å². The van der Waals surface area contributed by atoms with Gasteiger partial charge >= 0.3 is 6.03 Å². The van der Waals surface area contributed by atoms with E-state index in [0.717, 1.165) is 5.75 Å². The summed E-state index contributed by atoms with van der Waals surface area (Å²) in [5.74, 6) is 1.31. The van der Waals surface area contributed by atoms with Crippen molar-refractivity contribution < 1.29 is 14.3 Å². The standard InChI is InChI=1S/C15H21FN2O2S/c1-2-21-11-15(20)6-8-18(9-7-15)14(19)17-13-5-3-4-12(16)10-13/h3-5,10,20H,2,6-9,11H2,1H3,(H,17,19). The van der Waals surface area contributed by atoms with Crippen LogP contribution in [0.5, 0.6) is 0 Å². The van der Waals surface area contributed by atoms with Crippen LogP contribution in [0.15, 0.2) is 24.3 Å². The predicted molar refractivity (Wildman–Crippen MR) is 84.2 cm³/mol. The number of carbonyl (C=O) groups is 1. The van der Waals surface area contributed by atoms with Gasteiger partial charge in [0.1, 0.15) is 5.82 Å². The molecule has 2 rings (SSSR count). The summed E-state index contributed by atoms with van der Waals surface area (Å²) in [5.41, 5.74) is -0.224. The highest BCUT2D eigenvalue weighted by Gasteiger charge is 2.33. The number of benzene rings is 1. The zero-order valence-electron chi connectivity index (χ0n) is 12.1. The van der Waals surface area contributed by atoms with Gasteiger partial charge in [-0.25, -0.2) is 9.18 Å². The molecule has 1 aliphatic heterocycles. The van der Waals surface area contributed by atoms with Gasteiger partial charge < -0.3 is 15.3 Å². The topological polar surface area (TPSA) is 52.6 Å². The lowest BCUT2D eigenvalue weighted by molar-refractivity contribution is 0.00999. The van der Waals surface area contributed by atoms with E-state index in [1.165, 1.54) is 12.1 Å². The van der Waals surface area contributed by atoms with Crippen LogP contribution in [0.1, 0.15) is 19.8 Å². The summed E-state index contributed by atoms with van der Waals surface area (Å²) in [4.78, 5) is 13.8. The molecule has 0 aromatic heterocycles. The van der Waals surface area contributed by atoms with E-state index >= 15 is 0 Å². The number of carbonyl (C=O) groups excluding carboxylic acids is 1. The van der Waals surface area contributed by atoms with Gasteiger partial charge in [-0.1, -0.05) is 13.0 Å². The summed E-state index contributed by atoms with van der Waals surface area (Å²) in [6.07, 6.45) is 1.16. The maximum Gasteiger partial charge on any atom is 0.321 e. The number of anilines is 1. The lowest BCUT2D eigenvalue weighted by Crippen LogP contribution is -2.49. The Morgan fingerprint density at radius 3 is 2.81 bits per heavy atom. The number of piperidine rings is 1. The number of aliphatic hydroxyl groups is 1. The minimum atomic E-state index is -0.670. The van der Waals surface area contributed by atoms with Crippen LogP contribution in [0.3, 0.4) is 0 Å². The Morgan fingerprint density at radius 2 is 2.19 bits per heavy atom. The maximum absolute atomic E-state index is 13.1. The number of thioether (sulfide) groups is 1. The number of hydrogen-bond acceptors (Lipinski definition) is 3. The third-order valence-corrected chi connectivity index (χ3v) is 4.78. The molecule has 0 saturated carbocycles. The molecule has 116 valence electrons. The molecule has 2 N–H and O–H groups in total. The molecule has 1 fully saturated rings. The summed E-state index contributed by atoms with van der Waals surface area (Å²) < 4.78 is 13.1. The number of halogens is 1. The molecule has 0 unspecified atom stereocenters. The average molecular weight is 312 g/mol. The van der Waals surface area contributed by atoms with E-state index < -0.39 is 5.60 Å². The van der Waals surface area contributed by atoms with Crippen molar-refractivity contribution in [1.82, 2.24) is 4.90 Å². The Bertz CT molecular complexity index is 490. The van der Waals surface area contributed by atoms with Gasteiger partial charge in [0.05, 0.1) is 5.60 Å². The minimum Gasteiger partial charge on any atom is -0.389 e. The van der Waals surface area contributed by atoms with E-state index in [4.69, 9.17) is 0 Å². The Kier molecular flexibility index (Phi) is 5.47. The fourth-order valence-corrected chi connectivity index (χ4v) is 3.20. The molecule has 0 aliphatic carbocycles. The van der Waals surface area contributed by atoms with E-state index in [1.54, 1.807) is 28.8 Å². The average Bonchev–Trinajstić information content (AvgIpc) is 2.46. The van der Waals surface area contributed by atoms with E-state index in [0.29, 0.717) is 37.4 Å². The number of likely N-dealkylation sites (tertiary alicyclic amines) is 1. The second kappa shape index (κ2) is 7.13. The lowest BCUT2D eigenvalue weighted by atomic mass is 9.94. The second-order valence-corrected chi connectivity index (χ2v) is 6.56. The number of nitrogens with one attached hydrogen (secondary N) is 1. The highest BCUT2D eigenvalue weighted by atomic mass is 32.2. The molecule has 2 amide bonds. The van der Waals surface area contributed by atoms with Gasteiger partial charge in [0.2, 0.25) is 0 Å². The van der Waals surface area contributed by atoms with Crippen molar-refractivity contribution in [1.29, 1.82) is 0 Å². The van der Waals surface area contributed by atoms with Crippen molar-refractivity contribution in [2.75, 3.05) is 29.9 Å². The summed E-state index contributed by atoms with van der Waals surface area (Å²) >= 11 is 1.72. The minimum absolute atomic E-state index is 0.245. The summed E-state index contributed by atoms with van der Waals surface area (Å²) in [7, 11) is 0. The first-order valence-electron chi connectivity index (χ1n) is 7.14. The first-order valence-corrected chi connectivity index (χ1v) is 8.29. The fourth-order valence-electron chi connectivity index (χ4n) is 2.33. The molecular formula is C15H21FN2O2S. The number of nitrogens with zero attached hydrogens (tertiary/aromatic N) is 1. The molecule has 4 nitrogen and oxygen atoms in total. The Morgan fingerprint density at radius 1 is 1.48 bits per heavy atom. The van der Waals surface area contributed by atoms with Crippen LogP contribution >= 0.6 is 11.8 Å². The van der Waals surface area contributed by atoms with Crippen LogP contribution in [0.4, 0.5) is 14.9 Å². The van der Waals surface area contributed by atoms with Crippen LogP contribution in [-0.2, 0) is 0 Å². The molecule has 6 heteroatoms. The van der Waals surface area contributed by atoms with Gasteiger partial charge in [-0.3, -0.25) is 0 Å². The summed E-state index contributed by atoms with van der Waals surface area (Å²) in [5, 5.41) is 13.1. The lowest BCUT2D eigenvalue weighted by Gasteiger charge is -2.38. The molecule has 1 heterocycles. The smallest absolute Gasteiger partial charge is 0.321 e. The molecule has 21 heavy (non-hydrogen) atoms. The molecule has 1 aromatic rings. The van der Waals surface area contributed by atoms with E-state index in [1.807, 2.05) is 0 Å². The predicted octanol–water partition coefficient (Wildman–Crippen LogP) is 2.94. The first-order chi connectivity index (χ1) is 10.0. The molecule has 0 bridgehead atoms. The Labute approximate surface area is 128 Å². The van der Waals surface area contributed by atoms with Crippen LogP contribution < -0.4 is 5.32 Å². The van der Waals surface area contributed by atoms with E-state index in [-0.39, 0.29) is 11.8 Å². The zero-order valence-corrected chi connectivity index (χ0v) is 13.0. The van der Waals surface area contributed by atoms with Gasteiger partial charge in [-0.2, -0.15) is 11.8 Å². The third kappa shape index (κ3) is 4.61. The summed E-state index contributed by atoms with van der Waals surface area (Å²) in [6, 6.07) is 5.59.